The second-order valence-corrected chi connectivity index (χ2v) is 14.5. The van der Waals surface area contributed by atoms with E-state index in [1.165, 1.54) is 13.5 Å². The molecule has 26 heavy (non-hydrogen) atoms. The molecule has 4 atom stereocenters. The fourth-order valence-corrected chi connectivity index (χ4v) is 4.84. The van der Waals surface area contributed by atoms with Crippen LogP contribution in [0.15, 0.2) is 0 Å². The van der Waals surface area contributed by atoms with Gasteiger partial charge in [0.15, 0.2) is 8.32 Å². The van der Waals surface area contributed by atoms with Gasteiger partial charge in [-0.1, -0.05) is 47.0 Å². The molecule has 1 saturated carbocycles. The Balaban J connectivity index is 2.43. The number of ether oxygens (including phenoxy) is 1. The van der Waals surface area contributed by atoms with Gasteiger partial charge in [0.2, 0.25) is 0 Å². The molecule has 0 radical (unpaired) electrons. The predicted octanol–water partition coefficient (Wildman–Crippen LogP) is 5.15. The molecule has 0 bridgehead atoms. The number of methoxy groups -OCH3 is 1. The third kappa shape index (κ3) is 6.97. The summed E-state index contributed by atoms with van der Waals surface area (Å²) in [5.41, 5.74) is 0. The van der Waals surface area contributed by atoms with E-state index in [-0.39, 0.29) is 23.0 Å². The summed E-state index contributed by atoms with van der Waals surface area (Å²) in [7, 11) is -0.326. The first kappa shape index (κ1) is 23.6. The van der Waals surface area contributed by atoms with Crippen LogP contribution in [0, 0.1) is 17.8 Å². The van der Waals surface area contributed by atoms with Gasteiger partial charge in [-0.3, -0.25) is 4.79 Å². The van der Waals surface area contributed by atoms with Crippen LogP contribution in [-0.2, 0) is 14.0 Å². The fraction of sp³-hybridized carbons (Fsp3) is 0.952. The lowest BCUT2D eigenvalue weighted by atomic mass is 9.85. The van der Waals surface area contributed by atoms with E-state index >= 15 is 0 Å². The summed E-state index contributed by atoms with van der Waals surface area (Å²) in [5.74, 6) is 1.28. The maximum absolute atomic E-state index is 11.1. The minimum absolute atomic E-state index is 0.111. The number of rotatable bonds is 10. The Hall–Kier alpha value is -0.393. The SMILES string of the molecule is COC(=O)CCCCCC[C@H]1[C@@H](C)CC(O)[C@@H]1CO[Si](C)(C)C(C)(C)C. The van der Waals surface area contributed by atoms with Crippen LogP contribution in [0.25, 0.3) is 0 Å². The predicted molar refractivity (Wildman–Crippen MR) is 110 cm³/mol. The Morgan fingerprint density at radius 2 is 1.73 bits per heavy atom. The zero-order valence-corrected chi connectivity index (χ0v) is 19.1. The first-order valence-electron chi connectivity index (χ1n) is 10.4. The van der Waals surface area contributed by atoms with Gasteiger partial charge < -0.3 is 14.3 Å². The molecule has 5 heteroatoms. The minimum Gasteiger partial charge on any atom is -0.469 e. The highest BCUT2D eigenvalue weighted by molar-refractivity contribution is 6.74. The average molecular weight is 387 g/mol. The second kappa shape index (κ2) is 10.2. The van der Waals surface area contributed by atoms with Gasteiger partial charge in [-0.2, -0.15) is 0 Å². The quantitative estimate of drug-likeness (QED) is 0.320. The average Bonchev–Trinajstić information content (AvgIpc) is 2.80. The maximum Gasteiger partial charge on any atom is 0.305 e. The summed E-state index contributed by atoms with van der Waals surface area (Å²) in [6.45, 7) is 14.3. The zero-order chi connectivity index (χ0) is 20.0. The molecule has 1 unspecified atom stereocenters. The van der Waals surface area contributed by atoms with Crippen LogP contribution in [0.5, 0.6) is 0 Å². The third-order valence-electron chi connectivity index (χ3n) is 6.73. The number of hydrogen-bond donors (Lipinski definition) is 1. The van der Waals surface area contributed by atoms with E-state index in [4.69, 9.17) is 4.43 Å². The molecule has 1 aliphatic rings. The van der Waals surface area contributed by atoms with E-state index in [0.717, 1.165) is 32.1 Å². The fourth-order valence-electron chi connectivity index (χ4n) is 3.80. The van der Waals surface area contributed by atoms with E-state index in [9.17, 15) is 9.90 Å². The number of aliphatic hydroxyl groups is 1. The van der Waals surface area contributed by atoms with Crippen molar-refractivity contribution in [3.63, 3.8) is 0 Å². The molecule has 1 N–H and O–H groups in total. The van der Waals surface area contributed by atoms with Crippen LogP contribution in [0.1, 0.15) is 72.6 Å². The van der Waals surface area contributed by atoms with E-state index in [1.54, 1.807) is 0 Å². The molecule has 0 aromatic carbocycles. The Kier molecular flexibility index (Phi) is 9.31. The van der Waals surface area contributed by atoms with Gasteiger partial charge in [0, 0.05) is 18.9 Å². The van der Waals surface area contributed by atoms with Gasteiger partial charge in [-0.25, -0.2) is 0 Å². The van der Waals surface area contributed by atoms with E-state index < -0.39 is 8.32 Å². The number of carbonyl (C=O) groups excluding carboxylic acids is 1. The lowest BCUT2D eigenvalue weighted by Gasteiger charge is -2.38. The maximum atomic E-state index is 11.1. The number of carbonyl (C=O) groups is 1. The summed E-state index contributed by atoms with van der Waals surface area (Å²) < 4.78 is 11.1. The summed E-state index contributed by atoms with van der Waals surface area (Å²) in [5, 5.41) is 10.7. The van der Waals surface area contributed by atoms with Crippen molar-refractivity contribution < 1.29 is 19.1 Å². The zero-order valence-electron chi connectivity index (χ0n) is 18.1. The second-order valence-electron chi connectivity index (χ2n) is 9.71. The molecule has 1 rings (SSSR count). The molecule has 0 aliphatic heterocycles. The first-order valence-corrected chi connectivity index (χ1v) is 13.3. The topological polar surface area (TPSA) is 55.8 Å². The summed E-state index contributed by atoms with van der Waals surface area (Å²) in [4.78, 5) is 11.1. The van der Waals surface area contributed by atoms with Crippen LogP contribution in [0.2, 0.25) is 18.1 Å². The monoisotopic (exact) mass is 386 g/mol. The number of aliphatic hydroxyl groups excluding tert-OH is 1. The van der Waals surface area contributed by atoms with Gasteiger partial charge in [0.05, 0.1) is 13.2 Å². The largest absolute Gasteiger partial charge is 0.469 e. The van der Waals surface area contributed by atoms with Crippen LogP contribution < -0.4 is 0 Å². The van der Waals surface area contributed by atoms with Crippen molar-refractivity contribution >= 4 is 14.3 Å². The molecule has 1 fully saturated rings. The Labute approximate surface area is 162 Å². The lowest BCUT2D eigenvalue weighted by molar-refractivity contribution is -0.140. The third-order valence-corrected chi connectivity index (χ3v) is 11.2. The van der Waals surface area contributed by atoms with Gasteiger partial charge in [-0.05, 0) is 49.2 Å². The Morgan fingerprint density at radius 3 is 2.31 bits per heavy atom. The molecule has 154 valence electrons. The standard InChI is InChI=1S/C21H42O4Si/c1-16-14-19(22)18(15-25-26(6,7)21(2,3)4)17(16)12-10-8-9-11-13-20(23)24-5/h16-19,22H,8-15H2,1-7H3/t16-,17-,18+,19?/m0/s1. The summed E-state index contributed by atoms with van der Waals surface area (Å²) >= 11 is 0. The Bertz CT molecular complexity index is 430. The lowest BCUT2D eigenvalue weighted by Crippen LogP contribution is -2.43. The molecule has 4 nitrogen and oxygen atoms in total. The van der Waals surface area contributed by atoms with Crippen molar-refractivity contribution in [2.75, 3.05) is 13.7 Å². The Morgan fingerprint density at radius 1 is 1.12 bits per heavy atom. The summed E-state index contributed by atoms with van der Waals surface area (Å²) in [6, 6.07) is 0. The molecule has 0 aromatic rings. The van der Waals surface area contributed by atoms with Crippen molar-refractivity contribution in [2.24, 2.45) is 17.8 Å². The molecule has 0 spiro atoms. The smallest absolute Gasteiger partial charge is 0.305 e. The van der Waals surface area contributed by atoms with Gasteiger partial charge in [0.25, 0.3) is 0 Å². The molecule has 0 saturated heterocycles. The highest BCUT2D eigenvalue weighted by Gasteiger charge is 2.43. The number of esters is 1. The normalized spacial score (nSPS) is 26.9. The van der Waals surface area contributed by atoms with E-state index in [0.29, 0.717) is 24.9 Å². The van der Waals surface area contributed by atoms with Crippen LogP contribution in [0.4, 0.5) is 0 Å². The molecule has 1 aliphatic carbocycles. The molecular formula is C21H42O4Si. The molecule has 0 aromatic heterocycles. The van der Waals surface area contributed by atoms with Crippen LogP contribution in [-0.4, -0.2) is 39.2 Å². The van der Waals surface area contributed by atoms with Crippen molar-refractivity contribution in [3.05, 3.63) is 0 Å². The van der Waals surface area contributed by atoms with Crippen LogP contribution in [0.3, 0.4) is 0 Å². The molecule has 0 heterocycles. The van der Waals surface area contributed by atoms with Gasteiger partial charge in [-0.15, -0.1) is 0 Å². The van der Waals surface area contributed by atoms with E-state index in [1.807, 2.05) is 0 Å². The highest BCUT2D eigenvalue weighted by atomic mass is 28.4. The van der Waals surface area contributed by atoms with Crippen molar-refractivity contribution in [2.45, 2.75) is 96.9 Å². The minimum atomic E-state index is -1.77. The number of unbranched alkanes of at least 4 members (excludes halogenated alkanes) is 3. The first-order chi connectivity index (χ1) is 12.0. The summed E-state index contributed by atoms with van der Waals surface area (Å²) in [6.07, 6.45) is 6.65. The van der Waals surface area contributed by atoms with Crippen molar-refractivity contribution in [1.82, 2.24) is 0 Å². The molecular weight excluding hydrogens is 344 g/mol. The number of hydrogen-bond acceptors (Lipinski definition) is 4. The molecule has 0 amide bonds. The van der Waals surface area contributed by atoms with Gasteiger partial charge in [0.1, 0.15) is 0 Å². The van der Waals surface area contributed by atoms with E-state index in [2.05, 4.69) is 45.5 Å². The van der Waals surface area contributed by atoms with Crippen molar-refractivity contribution in [1.29, 1.82) is 0 Å². The van der Waals surface area contributed by atoms with Gasteiger partial charge >= 0.3 is 5.97 Å². The highest BCUT2D eigenvalue weighted by Crippen LogP contribution is 2.43. The van der Waals surface area contributed by atoms with Crippen molar-refractivity contribution in [3.8, 4) is 0 Å². The van der Waals surface area contributed by atoms with Crippen LogP contribution >= 0.6 is 0 Å².